The van der Waals surface area contributed by atoms with Crippen LogP contribution in [0.1, 0.15) is 47.2 Å². The van der Waals surface area contributed by atoms with Gasteiger partial charge in [-0.15, -0.1) is 0 Å². The molecule has 3 heterocycles. The molecule has 1 aromatic rings. The van der Waals surface area contributed by atoms with Gasteiger partial charge in [0.1, 0.15) is 0 Å². The number of nitrogens with one attached hydrogen (secondary N) is 1. The van der Waals surface area contributed by atoms with Crippen LogP contribution < -0.4 is 5.32 Å². The largest absolute Gasteiger partial charge is 0.383 e. The Morgan fingerprint density at radius 1 is 1.17 bits per heavy atom. The van der Waals surface area contributed by atoms with E-state index in [9.17, 15) is 4.79 Å². The lowest BCUT2D eigenvalue weighted by Gasteiger charge is -2.57. The zero-order valence-corrected chi connectivity index (χ0v) is 18.3. The van der Waals surface area contributed by atoms with Crippen molar-refractivity contribution in [3.05, 3.63) is 34.9 Å². The summed E-state index contributed by atoms with van der Waals surface area (Å²) < 4.78 is 5.34. The van der Waals surface area contributed by atoms with E-state index in [0.29, 0.717) is 18.0 Å². The van der Waals surface area contributed by atoms with Gasteiger partial charge in [0.15, 0.2) is 0 Å². The van der Waals surface area contributed by atoms with E-state index in [2.05, 4.69) is 15.1 Å². The molecule has 2 bridgehead atoms. The summed E-state index contributed by atoms with van der Waals surface area (Å²) in [6.45, 7) is 10.2. The molecule has 3 aliphatic heterocycles. The minimum atomic E-state index is 0.0864. The van der Waals surface area contributed by atoms with Crippen LogP contribution in [0.25, 0.3) is 0 Å². The van der Waals surface area contributed by atoms with Gasteiger partial charge in [-0.2, -0.15) is 0 Å². The van der Waals surface area contributed by atoms with Crippen molar-refractivity contribution in [2.24, 2.45) is 11.8 Å². The van der Waals surface area contributed by atoms with Crippen LogP contribution in [-0.4, -0.2) is 74.2 Å². The second-order valence-corrected chi connectivity index (χ2v) is 9.35. The fourth-order valence-corrected chi connectivity index (χ4v) is 6.15. The average molecular weight is 400 g/mol. The summed E-state index contributed by atoms with van der Waals surface area (Å²) in [5.74, 6) is 1.50. The number of amides is 1. The van der Waals surface area contributed by atoms with Crippen molar-refractivity contribution in [3.8, 4) is 0 Å². The molecule has 0 saturated carbocycles. The number of carbonyl (C=O) groups excluding carboxylic acids is 1. The Morgan fingerprint density at radius 3 is 2.69 bits per heavy atom. The molecule has 1 amide bonds. The van der Waals surface area contributed by atoms with Gasteiger partial charge >= 0.3 is 0 Å². The van der Waals surface area contributed by atoms with Crippen LogP contribution in [0.4, 0.5) is 0 Å². The third-order valence-corrected chi connectivity index (χ3v) is 7.49. The first-order chi connectivity index (χ1) is 14.1. The summed E-state index contributed by atoms with van der Waals surface area (Å²) in [4.78, 5) is 18.4. The number of fused-ring (bicyclic) bond motifs is 4. The number of benzene rings is 1. The van der Waals surface area contributed by atoms with Crippen LogP contribution in [0.5, 0.6) is 0 Å². The van der Waals surface area contributed by atoms with Gasteiger partial charge in [-0.3, -0.25) is 9.69 Å². The molecular weight excluding hydrogens is 362 g/mol. The predicted octanol–water partition coefficient (Wildman–Crippen LogP) is 2.85. The highest BCUT2D eigenvalue weighted by Gasteiger charge is 2.46. The van der Waals surface area contributed by atoms with Gasteiger partial charge in [0.25, 0.3) is 5.91 Å². The van der Waals surface area contributed by atoms with Crippen molar-refractivity contribution in [3.63, 3.8) is 0 Å². The fourth-order valence-electron chi connectivity index (χ4n) is 6.15. The molecule has 29 heavy (non-hydrogen) atoms. The lowest BCUT2D eigenvalue weighted by atomic mass is 9.72. The minimum Gasteiger partial charge on any atom is -0.383 e. The topological polar surface area (TPSA) is 44.8 Å². The number of aryl methyl sites for hydroxylation is 2. The van der Waals surface area contributed by atoms with Crippen molar-refractivity contribution in [2.45, 2.75) is 51.6 Å². The van der Waals surface area contributed by atoms with Crippen LogP contribution in [0.15, 0.2) is 18.2 Å². The molecule has 0 aromatic heterocycles. The first-order valence-electron chi connectivity index (χ1n) is 11.4. The van der Waals surface area contributed by atoms with E-state index in [0.717, 1.165) is 48.8 Å². The number of likely N-dealkylation sites (tertiary alicyclic amines) is 1. The Bertz CT molecular complexity index is 702. The number of nitrogens with zero attached hydrogens (tertiary/aromatic N) is 2. The Labute approximate surface area is 175 Å². The van der Waals surface area contributed by atoms with Gasteiger partial charge in [-0.05, 0) is 62.6 Å². The maximum atomic E-state index is 13.0. The molecule has 3 fully saturated rings. The van der Waals surface area contributed by atoms with E-state index in [-0.39, 0.29) is 5.91 Å². The highest BCUT2D eigenvalue weighted by molar-refractivity contribution is 5.97. The predicted molar refractivity (Wildman–Crippen MR) is 116 cm³/mol. The molecule has 0 aliphatic carbocycles. The van der Waals surface area contributed by atoms with Gasteiger partial charge in [0, 0.05) is 50.9 Å². The maximum Gasteiger partial charge on any atom is 0.251 e. The number of piperidine rings is 3. The second kappa shape index (κ2) is 9.15. The molecule has 5 nitrogen and oxygen atoms in total. The number of ether oxygens (including phenoxy) is 1. The molecule has 1 N–H and O–H groups in total. The van der Waals surface area contributed by atoms with Gasteiger partial charge < -0.3 is 15.0 Å². The van der Waals surface area contributed by atoms with E-state index in [1.165, 1.54) is 38.8 Å². The molecule has 3 aliphatic rings. The quantitative estimate of drug-likeness (QED) is 0.799. The molecule has 4 atom stereocenters. The van der Waals surface area contributed by atoms with E-state index in [4.69, 9.17) is 4.74 Å². The Morgan fingerprint density at radius 2 is 1.93 bits per heavy atom. The highest BCUT2D eigenvalue weighted by Crippen LogP contribution is 2.40. The van der Waals surface area contributed by atoms with Crippen LogP contribution in [0.3, 0.4) is 0 Å². The SMILES string of the molecule is COCCN1C[C@H]2C[C@@H](C1)[C@H](CNC(=O)c1c(C)cccc1C)N1CCCC[C@@H]21. The van der Waals surface area contributed by atoms with Crippen LogP contribution >= 0.6 is 0 Å². The molecule has 5 heteroatoms. The Hall–Kier alpha value is -1.43. The Kier molecular flexibility index (Phi) is 6.57. The zero-order valence-electron chi connectivity index (χ0n) is 18.3. The van der Waals surface area contributed by atoms with Gasteiger partial charge in [0.2, 0.25) is 0 Å². The first kappa shape index (κ1) is 20.8. The number of rotatable bonds is 6. The van der Waals surface area contributed by atoms with E-state index in [1.54, 1.807) is 7.11 Å². The normalized spacial score (nSPS) is 30.0. The first-order valence-corrected chi connectivity index (χ1v) is 11.4. The van der Waals surface area contributed by atoms with Crippen molar-refractivity contribution < 1.29 is 9.53 Å². The molecular formula is C24H37N3O2. The van der Waals surface area contributed by atoms with E-state index >= 15 is 0 Å². The number of methoxy groups -OCH3 is 1. The third kappa shape index (κ3) is 4.37. The molecule has 4 rings (SSSR count). The molecule has 3 saturated heterocycles. The number of hydrogen-bond acceptors (Lipinski definition) is 4. The molecule has 160 valence electrons. The van der Waals surface area contributed by atoms with Crippen LogP contribution in [-0.2, 0) is 4.74 Å². The second-order valence-electron chi connectivity index (χ2n) is 9.35. The lowest BCUT2D eigenvalue weighted by molar-refractivity contribution is -0.0726. The molecule has 0 spiro atoms. The average Bonchev–Trinajstić information content (AvgIpc) is 2.72. The van der Waals surface area contributed by atoms with Gasteiger partial charge in [0.05, 0.1) is 6.61 Å². The maximum absolute atomic E-state index is 13.0. The summed E-state index contributed by atoms with van der Waals surface area (Å²) in [6.07, 6.45) is 5.28. The lowest BCUT2D eigenvalue weighted by Crippen LogP contribution is -2.65. The van der Waals surface area contributed by atoms with E-state index in [1.807, 2.05) is 32.0 Å². The van der Waals surface area contributed by atoms with Crippen molar-refractivity contribution >= 4 is 5.91 Å². The third-order valence-electron chi connectivity index (χ3n) is 7.49. The van der Waals surface area contributed by atoms with Crippen LogP contribution in [0, 0.1) is 25.7 Å². The van der Waals surface area contributed by atoms with Crippen molar-refractivity contribution in [2.75, 3.05) is 46.4 Å². The highest BCUT2D eigenvalue weighted by atomic mass is 16.5. The van der Waals surface area contributed by atoms with Gasteiger partial charge in [-0.25, -0.2) is 0 Å². The van der Waals surface area contributed by atoms with Crippen LogP contribution in [0.2, 0.25) is 0 Å². The summed E-state index contributed by atoms with van der Waals surface area (Å²) in [5.41, 5.74) is 2.97. The fraction of sp³-hybridized carbons (Fsp3) is 0.708. The summed E-state index contributed by atoms with van der Waals surface area (Å²) in [6, 6.07) is 7.23. The standard InChI is InChI=1S/C24H37N3O2/c1-17-7-6-8-18(2)23(17)24(28)25-14-22-20-13-19(15-26(16-20)11-12-29-3)21-9-4-5-10-27(21)22/h6-8,19-22H,4-5,9-16H2,1-3H3,(H,25,28)/t19-,20+,21+,22+/m1/s1. The summed E-state index contributed by atoms with van der Waals surface area (Å²) >= 11 is 0. The van der Waals surface area contributed by atoms with Crippen molar-refractivity contribution in [1.82, 2.24) is 15.1 Å². The molecule has 0 radical (unpaired) electrons. The molecule has 1 aromatic carbocycles. The number of carbonyl (C=O) groups is 1. The Balaban J connectivity index is 1.48. The monoisotopic (exact) mass is 399 g/mol. The smallest absolute Gasteiger partial charge is 0.251 e. The van der Waals surface area contributed by atoms with E-state index < -0.39 is 0 Å². The number of hydrogen-bond donors (Lipinski definition) is 1. The summed E-state index contributed by atoms with van der Waals surface area (Å²) in [7, 11) is 1.79. The van der Waals surface area contributed by atoms with Gasteiger partial charge in [-0.1, -0.05) is 24.6 Å². The summed E-state index contributed by atoms with van der Waals surface area (Å²) in [5, 5.41) is 3.32. The van der Waals surface area contributed by atoms with Crippen molar-refractivity contribution in [1.29, 1.82) is 0 Å². The molecule has 0 unspecified atom stereocenters. The minimum absolute atomic E-state index is 0.0864. The zero-order chi connectivity index (χ0) is 20.4.